The van der Waals surface area contributed by atoms with Gasteiger partial charge in [-0.05, 0) is 41.7 Å². The summed E-state index contributed by atoms with van der Waals surface area (Å²) < 4.78 is 18.3. The van der Waals surface area contributed by atoms with Crippen molar-refractivity contribution in [2.24, 2.45) is 5.92 Å². The molecule has 0 saturated carbocycles. The van der Waals surface area contributed by atoms with E-state index in [0.717, 1.165) is 17.7 Å². The molecule has 27 heavy (non-hydrogen) atoms. The number of anilines is 1. The van der Waals surface area contributed by atoms with Gasteiger partial charge in [-0.25, -0.2) is 4.39 Å². The van der Waals surface area contributed by atoms with Gasteiger partial charge in [0, 0.05) is 18.7 Å². The van der Waals surface area contributed by atoms with Crippen molar-refractivity contribution < 1.29 is 18.7 Å². The van der Waals surface area contributed by atoms with Crippen molar-refractivity contribution in [2.45, 2.75) is 39.2 Å². The Hall–Kier alpha value is -2.69. The summed E-state index contributed by atoms with van der Waals surface area (Å²) in [6, 6.07) is 13.7. The van der Waals surface area contributed by atoms with Crippen LogP contribution in [0.2, 0.25) is 0 Å². The smallest absolute Gasteiger partial charge is 0.311 e. The number of amides is 1. The zero-order valence-electron chi connectivity index (χ0n) is 15.7. The topological polar surface area (TPSA) is 46.6 Å². The third-order valence-electron chi connectivity index (χ3n) is 5.12. The van der Waals surface area contributed by atoms with E-state index in [2.05, 4.69) is 13.8 Å². The van der Waals surface area contributed by atoms with Crippen LogP contribution in [0, 0.1) is 11.7 Å². The lowest BCUT2D eigenvalue weighted by atomic mass is 9.96. The summed E-state index contributed by atoms with van der Waals surface area (Å²) in [5.41, 5.74) is 2.72. The fraction of sp³-hybridized carbons (Fsp3) is 0.364. The van der Waals surface area contributed by atoms with Crippen molar-refractivity contribution in [3.8, 4) is 0 Å². The summed E-state index contributed by atoms with van der Waals surface area (Å²) in [6.45, 7) is 4.65. The van der Waals surface area contributed by atoms with Gasteiger partial charge in [-0.15, -0.1) is 0 Å². The van der Waals surface area contributed by atoms with Gasteiger partial charge < -0.3 is 9.64 Å². The molecule has 1 aliphatic rings. The molecule has 1 saturated heterocycles. The van der Waals surface area contributed by atoms with E-state index in [1.165, 1.54) is 12.1 Å². The highest BCUT2D eigenvalue weighted by Gasteiger charge is 2.37. The summed E-state index contributed by atoms with van der Waals surface area (Å²) in [5.74, 6) is -0.936. The van der Waals surface area contributed by atoms with Crippen LogP contribution >= 0.6 is 0 Å². The Bertz CT molecular complexity index is 819. The summed E-state index contributed by atoms with van der Waals surface area (Å²) in [7, 11) is 0. The van der Waals surface area contributed by atoms with Gasteiger partial charge >= 0.3 is 5.97 Å². The maximum absolute atomic E-state index is 12.9. The largest absolute Gasteiger partial charge is 0.461 e. The molecule has 5 heteroatoms. The van der Waals surface area contributed by atoms with E-state index < -0.39 is 11.9 Å². The maximum Gasteiger partial charge on any atom is 0.311 e. The van der Waals surface area contributed by atoms with E-state index in [0.29, 0.717) is 18.0 Å². The first-order valence-electron chi connectivity index (χ1n) is 9.30. The van der Waals surface area contributed by atoms with Gasteiger partial charge in [-0.1, -0.05) is 44.2 Å². The standard InChI is InChI=1S/C22H24FNO3/c1-3-15(2)19-6-4-5-7-20(19)24-13-17(12-21(24)25)22(26)27-14-16-8-10-18(23)11-9-16/h4-11,15,17H,3,12-14H2,1-2H3/t15-,17+/m1/s1. The molecule has 4 nitrogen and oxygen atoms in total. The number of carbonyl (C=O) groups is 2. The lowest BCUT2D eigenvalue weighted by molar-refractivity contribution is -0.149. The van der Waals surface area contributed by atoms with Crippen LogP contribution in [0.4, 0.5) is 10.1 Å². The number of hydrogen-bond acceptors (Lipinski definition) is 3. The Balaban J connectivity index is 1.67. The lowest BCUT2D eigenvalue weighted by Gasteiger charge is -2.23. The van der Waals surface area contributed by atoms with Crippen LogP contribution in [0.1, 0.15) is 43.7 Å². The Morgan fingerprint density at radius 2 is 1.93 bits per heavy atom. The second kappa shape index (κ2) is 8.33. The second-order valence-electron chi connectivity index (χ2n) is 7.01. The molecular weight excluding hydrogens is 345 g/mol. The number of ether oxygens (including phenoxy) is 1. The van der Waals surface area contributed by atoms with E-state index in [-0.39, 0.29) is 24.8 Å². The van der Waals surface area contributed by atoms with E-state index in [4.69, 9.17) is 4.74 Å². The molecule has 2 atom stereocenters. The zero-order chi connectivity index (χ0) is 19.4. The zero-order valence-corrected chi connectivity index (χ0v) is 15.7. The van der Waals surface area contributed by atoms with Gasteiger partial charge in [0.05, 0.1) is 5.92 Å². The van der Waals surface area contributed by atoms with Crippen LogP contribution in [0.25, 0.3) is 0 Å². The van der Waals surface area contributed by atoms with Gasteiger partial charge in [-0.2, -0.15) is 0 Å². The molecule has 0 aliphatic carbocycles. The molecule has 0 N–H and O–H groups in total. The normalized spacial score (nSPS) is 17.8. The molecule has 1 heterocycles. The lowest BCUT2D eigenvalue weighted by Crippen LogP contribution is -2.27. The SMILES string of the molecule is CC[C@@H](C)c1ccccc1N1C[C@@H](C(=O)OCc2ccc(F)cc2)CC1=O. The molecule has 0 unspecified atom stereocenters. The highest BCUT2D eigenvalue weighted by Crippen LogP contribution is 2.33. The van der Waals surface area contributed by atoms with Gasteiger partial charge in [0.15, 0.2) is 0 Å². The number of carbonyl (C=O) groups excluding carboxylic acids is 2. The predicted octanol–water partition coefficient (Wildman–Crippen LogP) is 4.44. The van der Waals surface area contributed by atoms with Crippen molar-refractivity contribution in [1.82, 2.24) is 0 Å². The maximum atomic E-state index is 12.9. The molecule has 3 rings (SSSR count). The number of hydrogen-bond donors (Lipinski definition) is 0. The van der Waals surface area contributed by atoms with Crippen molar-refractivity contribution in [3.63, 3.8) is 0 Å². The van der Waals surface area contributed by atoms with Crippen LogP contribution in [0.15, 0.2) is 48.5 Å². The molecule has 142 valence electrons. The summed E-state index contributed by atoms with van der Waals surface area (Å²) >= 11 is 0. The summed E-state index contributed by atoms with van der Waals surface area (Å²) in [5, 5.41) is 0. The predicted molar refractivity (Wildman–Crippen MR) is 102 cm³/mol. The molecule has 0 aromatic heterocycles. The van der Waals surface area contributed by atoms with Crippen LogP contribution in [0.3, 0.4) is 0 Å². The van der Waals surface area contributed by atoms with E-state index in [9.17, 15) is 14.0 Å². The quantitative estimate of drug-likeness (QED) is 0.708. The number of benzene rings is 2. The average Bonchev–Trinajstić information content (AvgIpc) is 3.08. The van der Waals surface area contributed by atoms with Crippen molar-refractivity contribution >= 4 is 17.6 Å². The molecule has 2 aromatic rings. The Labute approximate surface area is 158 Å². The van der Waals surface area contributed by atoms with Crippen molar-refractivity contribution in [2.75, 3.05) is 11.4 Å². The molecule has 2 aromatic carbocycles. The fourth-order valence-corrected chi connectivity index (χ4v) is 3.32. The highest BCUT2D eigenvalue weighted by atomic mass is 19.1. The van der Waals surface area contributed by atoms with Crippen LogP contribution < -0.4 is 4.90 Å². The van der Waals surface area contributed by atoms with Crippen molar-refractivity contribution in [3.05, 3.63) is 65.5 Å². The number of rotatable bonds is 6. The number of halogens is 1. The number of nitrogens with zero attached hydrogens (tertiary/aromatic N) is 1. The van der Waals surface area contributed by atoms with Gasteiger partial charge in [0.2, 0.25) is 5.91 Å². The summed E-state index contributed by atoms with van der Waals surface area (Å²) in [6.07, 6.45) is 1.12. The van der Waals surface area contributed by atoms with Crippen LogP contribution in [-0.2, 0) is 20.9 Å². The van der Waals surface area contributed by atoms with E-state index in [1.807, 2.05) is 24.3 Å². The first-order chi connectivity index (χ1) is 13.0. The third kappa shape index (κ3) is 4.35. The van der Waals surface area contributed by atoms with E-state index >= 15 is 0 Å². The Kier molecular flexibility index (Phi) is 5.89. The Morgan fingerprint density at radius 3 is 2.63 bits per heavy atom. The summed E-state index contributed by atoms with van der Waals surface area (Å²) in [4.78, 5) is 26.6. The molecule has 1 aliphatic heterocycles. The third-order valence-corrected chi connectivity index (χ3v) is 5.12. The molecule has 1 fully saturated rings. The van der Waals surface area contributed by atoms with Gasteiger partial charge in [0.25, 0.3) is 0 Å². The first-order valence-corrected chi connectivity index (χ1v) is 9.30. The highest BCUT2D eigenvalue weighted by molar-refractivity contribution is 6.00. The van der Waals surface area contributed by atoms with E-state index in [1.54, 1.807) is 17.0 Å². The fourth-order valence-electron chi connectivity index (χ4n) is 3.32. The average molecular weight is 369 g/mol. The second-order valence-corrected chi connectivity index (χ2v) is 7.01. The number of esters is 1. The minimum absolute atomic E-state index is 0.0607. The molecule has 1 amide bonds. The number of para-hydroxylation sites is 1. The molecule has 0 spiro atoms. The van der Waals surface area contributed by atoms with Gasteiger partial charge in [0.1, 0.15) is 12.4 Å². The molecular formula is C22H24FNO3. The van der Waals surface area contributed by atoms with Crippen molar-refractivity contribution in [1.29, 1.82) is 0 Å². The molecule has 0 bridgehead atoms. The monoisotopic (exact) mass is 369 g/mol. The minimum atomic E-state index is -0.483. The first kappa shape index (κ1) is 19.1. The minimum Gasteiger partial charge on any atom is -0.461 e. The van der Waals surface area contributed by atoms with Crippen LogP contribution in [-0.4, -0.2) is 18.4 Å². The molecule has 0 radical (unpaired) electrons. The Morgan fingerprint density at radius 1 is 1.22 bits per heavy atom. The van der Waals surface area contributed by atoms with Crippen LogP contribution in [0.5, 0.6) is 0 Å². The van der Waals surface area contributed by atoms with Gasteiger partial charge in [-0.3, -0.25) is 9.59 Å².